The van der Waals surface area contributed by atoms with Gasteiger partial charge < -0.3 is 9.32 Å². The number of hydrogen-bond donors (Lipinski definition) is 0. The molecule has 0 spiro atoms. The molecule has 0 N–H and O–H groups in total. The number of carbonyl (C=O) groups is 1. The van der Waals surface area contributed by atoms with E-state index in [1.807, 2.05) is 0 Å². The third-order valence-electron chi connectivity index (χ3n) is 3.91. The zero-order chi connectivity index (χ0) is 16.4. The number of amides is 1. The summed E-state index contributed by atoms with van der Waals surface area (Å²) in [7, 11) is -3.13. The smallest absolute Gasteiger partial charge is 0.254 e. The van der Waals surface area contributed by atoms with Crippen LogP contribution in [0.25, 0.3) is 0 Å². The van der Waals surface area contributed by atoms with E-state index in [-0.39, 0.29) is 24.0 Å². The van der Waals surface area contributed by atoms with Crippen LogP contribution in [-0.4, -0.2) is 36.8 Å². The van der Waals surface area contributed by atoms with Crippen LogP contribution in [0, 0.1) is 5.82 Å². The van der Waals surface area contributed by atoms with Crippen LogP contribution >= 0.6 is 0 Å². The van der Waals surface area contributed by atoms with Crippen LogP contribution in [-0.2, 0) is 16.4 Å². The summed E-state index contributed by atoms with van der Waals surface area (Å²) in [5.41, 5.74) is 0.322. The predicted molar refractivity (Wildman–Crippen MR) is 82.0 cm³/mol. The Labute approximate surface area is 133 Å². The first kappa shape index (κ1) is 15.7. The lowest BCUT2D eigenvalue weighted by atomic mass is 10.1. The summed E-state index contributed by atoms with van der Waals surface area (Å²) in [6.07, 6.45) is 1.90. The average Bonchev–Trinajstić information content (AvgIpc) is 3.14. The van der Waals surface area contributed by atoms with Gasteiger partial charge in [0.15, 0.2) is 9.84 Å². The van der Waals surface area contributed by atoms with Crippen molar-refractivity contribution in [1.82, 2.24) is 4.90 Å². The molecular weight excluding hydrogens is 321 g/mol. The molecule has 0 unspecified atom stereocenters. The van der Waals surface area contributed by atoms with Gasteiger partial charge in [-0.3, -0.25) is 4.79 Å². The van der Waals surface area contributed by atoms with E-state index < -0.39 is 21.7 Å². The van der Waals surface area contributed by atoms with Crippen molar-refractivity contribution in [3.05, 3.63) is 59.8 Å². The van der Waals surface area contributed by atoms with Crippen LogP contribution in [0.2, 0.25) is 0 Å². The van der Waals surface area contributed by atoms with Crippen LogP contribution in [0.4, 0.5) is 4.39 Å². The van der Waals surface area contributed by atoms with Gasteiger partial charge in [-0.1, -0.05) is 0 Å². The van der Waals surface area contributed by atoms with Gasteiger partial charge in [0.2, 0.25) is 0 Å². The van der Waals surface area contributed by atoms with Crippen LogP contribution < -0.4 is 0 Å². The topological polar surface area (TPSA) is 67.6 Å². The second kappa shape index (κ2) is 6.16. The molecule has 1 aliphatic heterocycles. The molecule has 5 nitrogen and oxygen atoms in total. The van der Waals surface area contributed by atoms with Gasteiger partial charge >= 0.3 is 0 Å². The van der Waals surface area contributed by atoms with Gasteiger partial charge in [-0.25, -0.2) is 12.8 Å². The SMILES string of the molecule is O=C(c1ccc(F)cc1)N(Cc1ccco1)[C@@H]1CCS(=O)(=O)C1. The summed E-state index contributed by atoms with van der Waals surface area (Å²) in [4.78, 5) is 14.2. The van der Waals surface area contributed by atoms with E-state index in [4.69, 9.17) is 4.42 Å². The zero-order valence-electron chi connectivity index (χ0n) is 12.3. The first-order valence-corrected chi connectivity index (χ1v) is 9.06. The third-order valence-corrected chi connectivity index (χ3v) is 5.66. The summed E-state index contributed by atoms with van der Waals surface area (Å²) >= 11 is 0. The molecule has 0 saturated carbocycles. The molecule has 1 aromatic heterocycles. The Morgan fingerprint density at radius 1 is 1.26 bits per heavy atom. The number of halogens is 1. The molecule has 1 atom stereocenters. The van der Waals surface area contributed by atoms with Crippen LogP contribution in [0.5, 0.6) is 0 Å². The summed E-state index contributed by atoms with van der Waals surface area (Å²) in [5.74, 6) is -0.167. The fraction of sp³-hybridized carbons (Fsp3) is 0.312. The molecule has 23 heavy (non-hydrogen) atoms. The minimum absolute atomic E-state index is 0.0549. The number of rotatable bonds is 4. The van der Waals surface area contributed by atoms with Gasteiger partial charge in [-0.05, 0) is 42.8 Å². The number of hydrogen-bond acceptors (Lipinski definition) is 4. The van der Waals surface area contributed by atoms with Crippen molar-refractivity contribution in [1.29, 1.82) is 0 Å². The molecule has 2 aromatic rings. The molecule has 2 heterocycles. The van der Waals surface area contributed by atoms with E-state index >= 15 is 0 Å². The Morgan fingerprint density at radius 2 is 2.00 bits per heavy atom. The van der Waals surface area contributed by atoms with Gasteiger partial charge in [-0.2, -0.15) is 0 Å². The van der Waals surface area contributed by atoms with E-state index in [1.54, 1.807) is 12.1 Å². The van der Waals surface area contributed by atoms with Crippen LogP contribution in [0.1, 0.15) is 22.5 Å². The Hall–Kier alpha value is -2.15. The fourth-order valence-corrected chi connectivity index (χ4v) is 4.45. The average molecular weight is 337 g/mol. The van der Waals surface area contributed by atoms with Gasteiger partial charge in [0.05, 0.1) is 24.3 Å². The summed E-state index contributed by atoms with van der Waals surface area (Å²) in [6.45, 7) is 0.184. The third kappa shape index (κ3) is 3.61. The predicted octanol–water partition coefficient (Wildman–Crippen LogP) is 2.25. The Balaban J connectivity index is 1.88. The second-order valence-electron chi connectivity index (χ2n) is 5.58. The van der Waals surface area contributed by atoms with E-state index in [2.05, 4.69) is 0 Å². The Morgan fingerprint density at radius 3 is 2.57 bits per heavy atom. The van der Waals surface area contributed by atoms with Crippen molar-refractivity contribution < 1.29 is 22.0 Å². The van der Waals surface area contributed by atoms with Crippen LogP contribution in [0.3, 0.4) is 0 Å². The molecule has 0 aliphatic carbocycles. The van der Waals surface area contributed by atoms with E-state index in [9.17, 15) is 17.6 Å². The number of benzene rings is 1. The highest BCUT2D eigenvalue weighted by Gasteiger charge is 2.35. The summed E-state index contributed by atoms with van der Waals surface area (Å²) in [5, 5.41) is 0. The van der Waals surface area contributed by atoms with Crippen molar-refractivity contribution in [3.63, 3.8) is 0 Å². The van der Waals surface area contributed by atoms with Gasteiger partial charge in [0, 0.05) is 11.6 Å². The summed E-state index contributed by atoms with van der Waals surface area (Å²) in [6, 6.07) is 8.26. The first-order valence-electron chi connectivity index (χ1n) is 7.24. The molecular formula is C16H16FNO4S. The maximum Gasteiger partial charge on any atom is 0.254 e. The minimum atomic E-state index is -3.13. The molecule has 1 aromatic carbocycles. The van der Waals surface area contributed by atoms with Crippen molar-refractivity contribution in [2.45, 2.75) is 19.0 Å². The molecule has 1 fully saturated rings. The minimum Gasteiger partial charge on any atom is -0.467 e. The largest absolute Gasteiger partial charge is 0.467 e. The lowest BCUT2D eigenvalue weighted by molar-refractivity contribution is 0.0666. The fourth-order valence-electron chi connectivity index (χ4n) is 2.72. The standard InChI is InChI=1S/C16H16FNO4S/c17-13-5-3-12(4-6-13)16(19)18(10-15-2-1-8-22-15)14-7-9-23(20,21)11-14/h1-6,8,14H,7,9-11H2/t14-/m1/s1. The van der Waals surface area contributed by atoms with Gasteiger partial charge in [0.25, 0.3) is 5.91 Å². The van der Waals surface area contributed by atoms with Crippen molar-refractivity contribution in [3.8, 4) is 0 Å². The second-order valence-corrected chi connectivity index (χ2v) is 7.80. The highest BCUT2D eigenvalue weighted by molar-refractivity contribution is 7.91. The van der Waals surface area contributed by atoms with E-state index in [0.29, 0.717) is 17.7 Å². The van der Waals surface area contributed by atoms with Gasteiger partial charge in [0.1, 0.15) is 11.6 Å². The van der Waals surface area contributed by atoms with E-state index in [1.165, 1.54) is 35.4 Å². The van der Waals surface area contributed by atoms with Gasteiger partial charge in [-0.15, -0.1) is 0 Å². The highest BCUT2D eigenvalue weighted by Crippen LogP contribution is 2.22. The normalized spacial score (nSPS) is 19.6. The zero-order valence-corrected chi connectivity index (χ0v) is 13.1. The molecule has 7 heteroatoms. The number of carbonyl (C=O) groups excluding carboxylic acids is 1. The molecule has 1 amide bonds. The van der Waals surface area contributed by atoms with Crippen molar-refractivity contribution in [2.75, 3.05) is 11.5 Å². The maximum atomic E-state index is 13.0. The van der Waals surface area contributed by atoms with Crippen molar-refractivity contribution in [2.24, 2.45) is 0 Å². The number of furan rings is 1. The molecule has 3 rings (SSSR count). The van der Waals surface area contributed by atoms with E-state index in [0.717, 1.165) is 0 Å². The molecule has 1 saturated heterocycles. The van der Waals surface area contributed by atoms with Crippen molar-refractivity contribution >= 4 is 15.7 Å². The number of nitrogens with zero attached hydrogens (tertiary/aromatic N) is 1. The molecule has 0 bridgehead atoms. The molecule has 122 valence electrons. The lowest BCUT2D eigenvalue weighted by Crippen LogP contribution is -2.40. The Bertz CT molecular complexity index is 784. The first-order chi connectivity index (χ1) is 10.9. The monoisotopic (exact) mass is 337 g/mol. The summed E-state index contributed by atoms with van der Waals surface area (Å²) < 4.78 is 41.8. The molecule has 1 aliphatic rings. The maximum absolute atomic E-state index is 13.0. The highest BCUT2D eigenvalue weighted by atomic mass is 32.2. The van der Waals surface area contributed by atoms with Crippen LogP contribution in [0.15, 0.2) is 47.1 Å². The quantitative estimate of drug-likeness (QED) is 0.858. The Kier molecular flexibility index (Phi) is 4.21. The lowest BCUT2D eigenvalue weighted by Gasteiger charge is -2.27. The number of sulfone groups is 1. The molecule has 0 radical (unpaired) electrons.